The van der Waals surface area contributed by atoms with Gasteiger partial charge in [-0.15, -0.1) is 0 Å². The van der Waals surface area contributed by atoms with Crippen molar-refractivity contribution in [2.24, 2.45) is 0 Å². The normalized spacial score (nSPS) is 19.2. The summed E-state index contributed by atoms with van der Waals surface area (Å²) in [5, 5.41) is 11.8. The molecule has 2 aliphatic heterocycles. The van der Waals surface area contributed by atoms with E-state index >= 15 is 0 Å². The molecule has 2 atom stereocenters. The van der Waals surface area contributed by atoms with Crippen LogP contribution in [-0.2, 0) is 16.1 Å². The van der Waals surface area contributed by atoms with Gasteiger partial charge in [-0.05, 0) is 43.2 Å². The molecule has 1 N–H and O–H groups in total. The fourth-order valence-corrected chi connectivity index (χ4v) is 5.48. The number of fused-ring (bicyclic) bond motifs is 6. The van der Waals surface area contributed by atoms with E-state index in [-0.39, 0.29) is 23.2 Å². The third-order valence-corrected chi connectivity index (χ3v) is 7.12. The summed E-state index contributed by atoms with van der Waals surface area (Å²) in [7, 11) is 1.67. The first-order chi connectivity index (χ1) is 17.8. The molecule has 3 heterocycles. The molecular weight excluding hydrogens is 472 g/mol. The first-order valence-corrected chi connectivity index (χ1v) is 12.5. The van der Waals surface area contributed by atoms with Crippen molar-refractivity contribution in [3.05, 3.63) is 87.7 Å². The monoisotopic (exact) mass is 504 g/mol. The number of nitrogens with zero attached hydrogens (tertiary/aromatic N) is 2. The van der Waals surface area contributed by atoms with Crippen LogP contribution in [0.1, 0.15) is 54.2 Å². The molecule has 2 aliphatic rings. The zero-order chi connectivity index (χ0) is 26.2. The molecule has 5 rings (SSSR count). The van der Waals surface area contributed by atoms with Crippen molar-refractivity contribution < 1.29 is 24.1 Å². The van der Waals surface area contributed by atoms with Crippen LogP contribution in [0.4, 0.5) is 0 Å². The second-order valence-electron chi connectivity index (χ2n) is 10.2. The summed E-state index contributed by atoms with van der Waals surface area (Å²) in [5.41, 5.74) is 2.45. The number of rotatable bonds is 9. The quantitative estimate of drug-likeness (QED) is 0.432. The van der Waals surface area contributed by atoms with Gasteiger partial charge in [0.2, 0.25) is 0 Å². The van der Waals surface area contributed by atoms with Crippen LogP contribution in [0.15, 0.2) is 65.6 Å². The van der Waals surface area contributed by atoms with Gasteiger partial charge in [-0.25, -0.2) is 4.79 Å². The lowest BCUT2D eigenvalue weighted by atomic mass is 9.92. The largest absolute Gasteiger partial charge is 0.493 e. The van der Waals surface area contributed by atoms with E-state index in [0.29, 0.717) is 25.5 Å². The molecule has 1 aromatic heterocycles. The minimum atomic E-state index is -1.24. The van der Waals surface area contributed by atoms with Crippen molar-refractivity contribution in [1.82, 2.24) is 4.68 Å². The number of aromatic carboxylic acids is 1. The van der Waals surface area contributed by atoms with Crippen LogP contribution in [0.5, 0.6) is 5.75 Å². The minimum Gasteiger partial charge on any atom is -0.493 e. The maximum Gasteiger partial charge on any atom is 0.341 e. The van der Waals surface area contributed by atoms with E-state index in [1.807, 2.05) is 53.2 Å². The Morgan fingerprint density at radius 2 is 1.89 bits per heavy atom. The Bertz CT molecular complexity index is 1350. The van der Waals surface area contributed by atoms with Crippen molar-refractivity contribution in [1.29, 1.82) is 0 Å². The van der Waals surface area contributed by atoms with Crippen LogP contribution >= 0.6 is 0 Å². The molecule has 0 aliphatic carbocycles. The first-order valence-electron chi connectivity index (χ1n) is 12.5. The highest BCUT2D eigenvalue weighted by atomic mass is 16.5. The lowest BCUT2D eigenvalue weighted by Gasteiger charge is -2.44. The van der Waals surface area contributed by atoms with Gasteiger partial charge in [0, 0.05) is 44.4 Å². The summed E-state index contributed by atoms with van der Waals surface area (Å²) < 4.78 is 19.5. The van der Waals surface area contributed by atoms with E-state index < -0.39 is 11.4 Å². The molecule has 1 saturated heterocycles. The lowest BCUT2D eigenvalue weighted by molar-refractivity contribution is 0.0307. The summed E-state index contributed by atoms with van der Waals surface area (Å²) in [4.78, 5) is 24.6. The van der Waals surface area contributed by atoms with Crippen molar-refractivity contribution in [2.45, 2.75) is 51.0 Å². The van der Waals surface area contributed by atoms with Crippen LogP contribution in [0.3, 0.4) is 0 Å². The van der Waals surface area contributed by atoms with Crippen LogP contribution in [0, 0.1) is 0 Å². The molecule has 2 aromatic carbocycles. The summed E-state index contributed by atoms with van der Waals surface area (Å²) in [6, 6.07) is 17.1. The molecule has 0 radical (unpaired) electrons. The lowest BCUT2D eigenvalue weighted by Crippen LogP contribution is -2.50. The fraction of sp³-hybridized carbons (Fsp3) is 0.379. The van der Waals surface area contributed by atoms with E-state index in [2.05, 4.69) is 18.9 Å². The predicted octanol–water partition coefficient (Wildman–Crippen LogP) is 4.39. The summed E-state index contributed by atoms with van der Waals surface area (Å²) in [6.45, 7) is 5.84. The van der Waals surface area contributed by atoms with E-state index in [4.69, 9.17) is 14.2 Å². The molecule has 0 saturated carbocycles. The van der Waals surface area contributed by atoms with E-state index in [1.165, 1.54) is 12.3 Å². The first kappa shape index (κ1) is 25.0. The van der Waals surface area contributed by atoms with Crippen molar-refractivity contribution in [3.63, 3.8) is 0 Å². The van der Waals surface area contributed by atoms with Gasteiger partial charge in [-0.1, -0.05) is 30.3 Å². The SMILES string of the molecule is COCCCOc1ccc2c(c1)C1C(OCc3ccccc3)CC(C)(C)N1n1cc(C(=O)O)c(=O)cc1-2. The second kappa shape index (κ2) is 10.0. The maximum absolute atomic E-state index is 12.7. The van der Waals surface area contributed by atoms with Gasteiger partial charge in [0.1, 0.15) is 11.3 Å². The summed E-state index contributed by atoms with van der Waals surface area (Å²) >= 11 is 0. The van der Waals surface area contributed by atoms with Crippen molar-refractivity contribution in [3.8, 4) is 17.0 Å². The Balaban J connectivity index is 1.59. The number of hydrogen-bond acceptors (Lipinski definition) is 6. The average molecular weight is 505 g/mol. The number of hydrogen-bond donors (Lipinski definition) is 1. The van der Waals surface area contributed by atoms with E-state index in [1.54, 1.807) is 7.11 Å². The molecule has 0 spiro atoms. The highest BCUT2D eigenvalue weighted by molar-refractivity contribution is 5.88. The minimum absolute atomic E-state index is 0.168. The van der Waals surface area contributed by atoms with E-state index in [0.717, 1.165) is 35.3 Å². The smallest absolute Gasteiger partial charge is 0.341 e. The Morgan fingerprint density at radius 1 is 1.11 bits per heavy atom. The molecule has 194 valence electrons. The molecule has 8 heteroatoms. The van der Waals surface area contributed by atoms with Crippen LogP contribution in [0.25, 0.3) is 11.3 Å². The number of carbonyl (C=O) groups is 1. The molecule has 3 aromatic rings. The second-order valence-corrected chi connectivity index (χ2v) is 10.2. The number of carboxylic acids is 1. The average Bonchev–Trinajstić information content (AvgIpc) is 3.16. The molecule has 1 fully saturated rings. The predicted molar refractivity (Wildman–Crippen MR) is 140 cm³/mol. The molecule has 2 unspecified atom stereocenters. The van der Waals surface area contributed by atoms with Gasteiger partial charge in [0.15, 0.2) is 5.43 Å². The Hall–Kier alpha value is -3.62. The van der Waals surface area contributed by atoms with Gasteiger partial charge in [-0.2, -0.15) is 0 Å². The van der Waals surface area contributed by atoms with Gasteiger partial charge in [0.25, 0.3) is 0 Å². The number of pyridine rings is 1. The van der Waals surface area contributed by atoms with Crippen molar-refractivity contribution in [2.75, 3.05) is 25.3 Å². The number of carboxylic acid groups (broad SMARTS) is 1. The topological polar surface area (TPSA) is 90.2 Å². The Morgan fingerprint density at radius 3 is 2.62 bits per heavy atom. The van der Waals surface area contributed by atoms with Crippen LogP contribution in [0.2, 0.25) is 0 Å². The zero-order valence-electron chi connectivity index (χ0n) is 21.3. The molecular formula is C29H32N2O6. The highest BCUT2D eigenvalue weighted by Crippen LogP contribution is 2.50. The highest BCUT2D eigenvalue weighted by Gasteiger charge is 2.51. The zero-order valence-corrected chi connectivity index (χ0v) is 21.3. The standard InChI is InChI=1S/C29H32N2O6/c1-29(2)16-26(37-18-19-8-5-4-6-9-19)27-22-14-20(36-13-7-12-35-3)10-11-21(22)24-15-25(32)23(28(33)34)17-30(24)31(27)29/h4-6,8-11,14-15,17,26-27H,7,12-13,16,18H2,1-3H3,(H,33,34). The van der Waals surface area contributed by atoms with Gasteiger partial charge >= 0.3 is 5.97 Å². The third kappa shape index (κ3) is 4.74. The molecule has 0 amide bonds. The van der Waals surface area contributed by atoms with Gasteiger partial charge < -0.3 is 19.3 Å². The van der Waals surface area contributed by atoms with Gasteiger partial charge in [-0.3, -0.25) is 14.5 Å². The molecule has 8 nitrogen and oxygen atoms in total. The number of aromatic nitrogens is 1. The number of methoxy groups -OCH3 is 1. The maximum atomic E-state index is 12.7. The Labute approximate surface area is 216 Å². The van der Waals surface area contributed by atoms with Crippen LogP contribution in [-0.4, -0.2) is 47.7 Å². The fourth-order valence-electron chi connectivity index (χ4n) is 5.48. The molecule has 37 heavy (non-hydrogen) atoms. The summed E-state index contributed by atoms with van der Waals surface area (Å²) in [5.74, 6) is -0.504. The number of ether oxygens (including phenoxy) is 3. The molecule has 0 bridgehead atoms. The van der Waals surface area contributed by atoms with Crippen molar-refractivity contribution >= 4 is 5.97 Å². The summed E-state index contributed by atoms with van der Waals surface area (Å²) in [6.07, 6.45) is 2.77. The number of benzene rings is 2. The Kier molecular flexibility index (Phi) is 6.79. The van der Waals surface area contributed by atoms with E-state index in [9.17, 15) is 14.7 Å². The third-order valence-electron chi connectivity index (χ3n) is 7.12. The van der Waals surface area contributed by atoms with Crippen LogP contribution < -0.4 is 15.2 Å². The van der Waals surface area contributed by atoms with Gasteiger partial charge in [0.05, 0.1) is 36.6 Å².